The highest BCUT2D eigenvalue weighted by molar-refractivity contribution is 5.89. The van der Waals surface area contributed by atoms with Crippen LogP contribution in [0.15, 0.2) is 47.3 Å². The largest absolute Gasteiger partial charge is 0.497 e. The Hall–Kier alpha value is -2.76. The van der Waals surface area contributed by atoms with Crippen molar-refractivity contribution in [3.05, 3.63) is 54.0 Å². The molecule has 6 heteroatoms. The van der Waals surface area contributed by atoms with E-state index in [4.69, 9.17) is 9.15 Å². The molecule has 2 aromatic rings. The van der Waals surface area contributed by atoms with Crippen LogP contribution in [0.25, 0.3) is 0 Å². The maximum Gasteiger partial charge on any atom is 0.225 e. The van der Waals surface area contributed by atoms with Gasteiger partial charge in [-0.05, 0) is 23.8 Å². The molecular formula is C18H20N2O4. The number of furan rings is 1. The molecule has 1 N–H and O–H groups in total. The number of nitrogens with one attached hydrogen (secondary N) is 1. The van der Waals surface area contributed by atoms with Gasteiger partial charge in [0.1, 0.15) is 5.75 Å². The minimum Gasteiger partial charge on any atom is -0.497 e. The first-order chi connectivity index (χ1) is 11.7. The number of benzene rings is 1. The van der Waals surface area contributed by atoms with Gasteiger partial charge in [-0.15, -0.1) is 0 Å². The number of nitrogens with zero attached hydrogens (tertiary/aromatic N) is 1. The minimum atomic E-state index is -0.303. The number of likely N-dealkylation sites (tertiary alicyclic amines) is 1. The van der Waals surface area contributed by atoms with E-state index in [9.17, 15) is 9.59 Å². The summed E-state index contributed by atoms with van der Waals surface area (Å²) >= 11 is 0. The molecule has 1 saturated heterocycles. The number of amides is 2. The number of carbonyl (C=O) groups is 2. The van der Waals surface area contributed by atoms with Gasteiger partial charge in [0.25, 0.3) is 0 Å². The highest BCUT2D eigenvalue weighted by Crippen LogP contribution is 2.21. The molecule has 1 aromatic heterocycles. The van der Waals surface area contributed by atoms with Crippen molar-refractivity contribution in [1.82, 2.24) is 10.2 Å². The number of methoxy groups -OCH3 is 1. The zero-order valence-electron chi connectivity index (χ0n) is 13.5. The molecular weight excluding hydrogens is 308 g/mol. The van der Waals surface area contributed by atoms with E-state index in [1.54, 1.807) is 30.6 Å². The van der Waals surface area contributed by atoms with Gasteiger partial charge in [0, 0.05) is 31.6 Å². The van der Waals surface area contributed by atoms with Crippen molar-refractivity contribution in [2.75, 3.05) is 13.7 Å². The summed E-state index contributed by atoms with van der Waals surface area (Å²) in [5.74, 6) is 0.390. The summed E-state index contributed by atoms with van der Waals surface area (Å²) in [6.45, 7) is 1.37. The van der Waals surface area contributed by atoms with Crippen LogP contribution in [0.5, 0.6) is 5.75 Å². The summed E-state index contributed by atoms with van der Waals surface area (Å²) in [4.78, 5) is 26.1. The molecule has 24 heavy (non-hydrogen) atoms. The second-order valence-electron chi connectivity index (χ2n) is 5.87. The third-order valence-electron chi connectivity index (χ3n) is 4.16. The van der Waals surface area contributed by atoms with Gasteiger partial charge in [0.2, 0.25) is 11.8 Å². The fraction of sp³-hybridized carbons (Fsp3) is 0.333. The number of rotatable bonds is 6. The molecule has 0 spiro atoms. The summed E-state index contributed by atoms with van der Waals surface area (Å²) in [7, 11) is 1.62. The molecule has 2 heterocycles. The minimum absolute atomic E-state index is 0.00859. The van der Waals surface area contributed by atoms with Gasteiger partial charge in [-0.1, -0.05) is 12.1 Å². The second-order valence-corrected chi connectivity index (χ2v) is 5.87. The van der Waals surface area contributed by atoms with Crippen LogP contribution < -0.4 is 10.1 Å². The summed E-state index contributed by atoms with van der Waals surface area (Å²) in [5.41, 5.74) is 1.92. The number of carbonyl (C=O) groups excluding carboxylic acids is 2. The molecule has 1 fully saturated rings. The van der Waals surface area contributed by atoms with Gasteiger partial charge in [-0.3, -0.25) is 9.59 Å². The Kier molecular flexibility index (Phi) is 4.84. The Bertz CT molecular complexity index is 694. The van der Waals surface area contributed by atoms with Gasteiger partial charge in [-0.25, -0.2) is 0 Å². The molecule has 0 saturated carbocycles. The Morgan fingerprint density at radius 2 is 2.08 bits per heavy atom. The van der Waals surface area contributed by atoms with Crippen molar-refractivity contribution in [1.29, 1.82) is 0 Å². The van der Waals surface area contributed by atoms with Gasteiger partial charge >= 0.3 is 0 Å². The van der Waals surface area contributed by atoms with Crippen molar-refractivity contribution in [2.45, 2.75) is 19.5 Å². The molecule has 0 bridgehead atoms. The van der Waals surface area contributed by atoms with Crippen molar-refractivity contribution in [3.8, 4) is 5.75 Å². The van der Waals surface area contributed by atoms with Gasteiger partial charge < -0.3 is 19.4 Å². The Morgan fingerprint density at radius 3 is 2.75 bits per heavy atom. The van der Waals surface area contributed by atoms with Gasteiger partial charge in [0.05, 0.1) is 25.6 Å². The van der Waals surface area contributed by atoms with E-state index in [0.29, 0.717) is 19.6 Å². The van der Waals surface area contributed by atoms with Crippen LogP contribution >= 0.6 is 0 Å². The molecule has 2 amide bonds. The highest BCUT2D eigenvalue weighted by atomic mass is 16.5. The molecule has 1 aliphatic rings. The lowest BCUT2D eigenvalue weighted by molar-refractivity contribution is -0.129. The monoisotopic (exact) mass is 328 g/mol. The molecule has 1 aromatic carbocycles. The van der Waals surface area contributed by atoms with E-state index in [-0.39, 0.29) is 24.2 Å². The summed E-state index contributed by atoms with van der Waals surface area (Å²) in [6.07, 6.45) is 3.42. The van der Waals surface area contributed by atoms with E-state index in [0.717, 1.165) is 16.9 Å². The van der Waals surface area contributed by atoms with Gasteiger partial charge in [-0.2, -0.15) is 0 Å². The second kappa shape index (κ2) is 7.21. The van der Waals surface area contributed by atoms with E-state index >= 15 is 0 Å². The molecule has 6 nitrogen and oxygen atoms in total. The zero-order chi connectivity index (χ0) is 16.9. The highest BCUT2D eigenvalue weighted by Gasteiger charge is 2.34. The fourth-order valence-corrected chi connectivity index (χ4v) is 2.78. The van der Waals surface area contributed by atoms with Crippen LogP contribution in [0.2, 0.25) is 0 Å². The number of hydrogen-bond acceptors (Lipinski definition) is 4. The van der Waals surface area contributed by atoms with E-state index in [2.05, 4.69) is 5.32 Å². The summed E-state index contributed by atoms with van der Waals surface area (Å²) < 4.78 is 10.1. The molecule has 1 aliphatic heterocycles. The molecule has 1 atom stereocenters. The zero-order valence-corrected chi connectivity index (χ0v) is 13.5. The Labute approximate surface area is 140 Å². The standard InChI is InChI=1S/C18H20N2O4/c1-23-16-4-2-13(3-5-16)10-20-11-15(8-17(20)21)18(22)19-9-14-6-7-24-12-14/h2-7,12,15H,8-11H2,1H3,(H,19,22)/t15-/m1/s1. The molecule has 126 valence electrons. The molecule has 0 aliphatic carbocycles. The van der Waals surface area contributed by atoms with Crippen LogP contribution in [0.1, 0.15) is 17.5 Å². The van der Waals surface area contributed by atoms with Crippen LogP contribution in [0, 0.1) is 5.92 Å². The van der Waals surface area contributed by atoms with Crippen molar-refractivity contribution < 1.29 is 18.7 Å². The van der Waals surface area contributed by atoms with Crippen molar-refractivity contribution >= 4 is 11.8 Å². The smallest absolute Gasteiger partial charge is 0.225 e. The van der Waals surface area contributed by atoms with E-state index < -0.39 is 0 Å². The third-order valence-corrected chi connectivity index (χ3v) is 4.16. The number of hydrogen-bond donors (Lipinski definition) is 1. The van der Waals surface area contributed by atoms with Crippen LogP contribution in [-0.2, 0) is 22.7 Å². The predicted molar refractivity (Wildman–Crippen MR) is 87.1 cm³/mol. The van der Waals surface area contributed by atoms with Crippen molar-refractivity contribution in [2.24, 2.45) is 5.92 Å². The molecule has 0 radical (unpaired) electrons. The predicted octanol–water partition coefficient (Wildman–Crippen LogP) is 1.95. The van der Waals surface area contributed by atoms with Crippen LogP contribution in [0.3, 0.4) is 0 Å². The van der Waals surface area contributed by atoms with Crippen LogP contribution in [-0.4, -0.2) is 30.4 Å². The van der Waals surface area contributed by atoms with Gasteiger partial charge in [0.15, 0.2) is 0 Å². The summed E-state index contributed by atoms with van der Waals surface area (Å²) in [6, 6.07) is 9.39. The van der Waals surface area contributed by atoms with E-state index in [1.165, 1.54) is 0 Å². The first kappa shape index (κ1) is 16.1. The normalized spacial score (nSPS) is 17.1. The van der Waals surface area contributed by atoms with Crippen LogP contribution in [0.4, 0.5) is 0 Å². The van der Waals surface area contributed by atoms with Crippen molar-refractivity contribution in [3.63, 3.8) is 0 Å². The maximum atomic E-state index is 12.2. The average Bonchev–Trinajstić information content (AvgIpc) is 3.24. The lowest BCUT2D eigenvalue weighted by Crippen LogP contribution is -2.32. The fourth-order valence-electron chi connectivity index (χ4n) is 2.78. The first-order valence-electron chi connectivity index (χ1n) is 7.85. The lowest BCUT2D eigenvalue weighted by atomic mass is 10.1. The average molecular weight is 328 g/mol. The first-order valence-corrected chi connectivity index (χ1v) is 7.85. The Balaban J connectivity index is 1.53. The Morgan fingerprint density at radius 1 is 1.29 bits per heavy atom. The summed E-state index contributed by atoms with van der Waals surface area (Å²) in [5, 5.41) is 2.85. The van der Waals surface area contributed by atoms with E-state index in [1.807, 2.05) is 24.3 Å². The quantitative estimate of drug-likeness (QED) is 0.880. The SMILES string of the molecule is COc1ccc(CN2C[C@H](C(=O)NCc3ccoc3)CC2=O)cc1. The molecule has 0 unspecified atom stereocenters. The lowest BCUT2D eigenvalue weighted by Gasteiger charge is -2.17. The maximum absolute atomic E-state index is 12.2. The third kappa shape index (κ3) is 3.76. The number of ether oxygens (including phenoxy) is 1. The molecule has 3 rings (SSSR count). The topological polar surface area (TPSA) is 71.8 Å².